The molecule has 1 saturated heterocycles. The van der Waals surface area contributed by atoms with E-state index in [1.165, 1.54) is 0 Å². The molecule has 0 bridgehead atoms. The summed E-state index contributed by atoms with van der Waals surface area (Å²) >= 11 is 11.7. The van der Waals surface area contributed by atoms with Crippen LogP contribution in [0, 0.1) is 10.1 Å². The van der Waals surface area contributed by atoms with Crippen LogP contribution in [0.4, 0.5) is 5.69 Å². The maximum atomic E-state index is 10.6. The van der Waals surface area contributed by atoms with Crippen molar-refractivity contribution in [2.24, 2.45) is 0 Å². The summed E-state index contributed by atoms with van der Waals surface area (Å²) in [6, 6.07) is 4.80. The summed E-state index contributed by atoms with van der Waals surface area (Å²) in [6.07, 6.45) is 0.577. The van der Waals surface area contributed by atoms with Gasteiger partial charge in [0.15, 0.2) is 0 Å². The molecule has 1 aliphatic heterocycles. The highest BCUT2D eigenvalue weighted by atomic mass is 35.5. The van der Waals surface area contributed by atoms with Crippen LogP contribution in [0.15, 0.2) is 18.2 Å². The van der Waals surface area contributed by atoms with Crippen LogP contribution in [0.3, 0.4) is 0 Å². The maximum Gasteiger partial charge on any atom is 0.232 e. The van der Waals surface area contributed by atoms with Crippen LogP contribution in [-0.4, -0.2) is 24.1 Å². The van der Waals surface area contributed by atoms with Gasteiger partial charge >= 0.3 is 0 Å². The Hall–Kier alpha value is -1.000. The summed E-state index contributed by atoms with van der Waals surface area (Å²) in [7, 11) is 0. The van der Waals surface area contributed by atoms with Crippen LogP contribution in [0.25, 0.3) is 0 Å². The van der Waals surface area contributed by atoms with Crippen LogP contribution in [0.1, 0.15) is 6.42 Å². The van der Waals surface area contributed by atoms with Gasteiger partial charge in [0.2, 0.25) is 6.04 Å². The van der Waals surface area contributed by atoms with Crippen molar-refractivity contribution in [3.05, 3.63) is 38.4 Å². The van der Waals surface area contributed by atoms with Crippen LogP contribution in [0.2, 0.25) is 10.0 Å². The smallest absolute Gasteiger partial charge is 0.232 e. The zero-order valence-corrected chi connectivity index (χ0v) is 9.91. The van der Waals surface area contributed by atoms with E-state index in [-0.39, 0.29) is 4.92 Å². The molecule has 1 heterocycles. The quantitative estimate of drug-likeness (QED) is 0.607. The molecule has 0 spiro atoms. The molecule has 0 N–H and O–H groups in total. The molecule has 16 heavy (non-hydrogen) atoms. The van der Waals surface area contributed by atoms with E-state index in [9.17, 15) is 10.1 Å². The molecule has 0 aromatic heterocycles. The lowest BCUT2D eigenvalue weighted by atomic mass is 10.3. The first-order chi connectivity index (χ1) is 7.58. The van der Waals surface area contributed by atoms with Crippen LogP contribution >= 0.6 is 23.2 Å². The van der Waals surface area contributed by atoms with E-state index in [0.717, 1.165) is 5.69 Å². The third-order valence-corrected chi connectivity index (χ3v) is 3.47. The van der Waals surface area contributed by atoms with E-state index in [1.807, 2.05) is 11.0 Å². The third-order valence-electron chi connectivity index (χ3n) is 2.73. The van der Waals surface area contributed by atoms with Gasteiger partial charge in [0.05, 0.1) is 16.6 Å². The Kier molecular flexibility index (Phi) is 3.21. The Balaban J connectivity index is 2.14. The van der Waals surface area contributed by atoms with Gasteiger partial charge in [-0.15, -0.1) is 0 Å². The molecule has 1 fully saturated rings. The van der Waals surface area contributed by atoms with Crippen molar-refractivity contribution in [2.45, 2.75) is 12.5 Å². The molecular weight excluding hydrogens is 251 g/mol. The van der Waals surface area contributed by atoms with Gasteiger partial charge < -0.3 is 4.90 Å². The van der Waals surface area contributed by atoms with E-state index in [4.69, 9.17) is 23.2 Å². The Labute approximate surface area is 103 Å². The van der Waals surface area contributed by atoms with Gasteiger partial charge in [-0.2, -0.15) is 0 Å². The van der Waals surface area contributed by atoms with Crippen molar-refractivity contribution in [3.8, 4) is 0 Å². The topological polar surface area (TPSA) is 46.4 Å². The van der Waals surface area contributed by atoms with E-state index in [1.54, 1.807) is 12.1 Å². The summed E-state index contributed by atoms with van der Waals surface area (Å²) in [4.78, 5) is 12.4. The van der Waals surface area contributed by atoms with E-state index < -0.39 is 6.04 Å². The largest absolute Gasteiger partial charge is 0.364 e. The number of nitro groups is 1. The van der Waals surface area contributed by atoms with Gasteiger partial charge in [0.1, 0.15) is 0 Å². The second kappa shape index (κ2) is 4.47. The van der Waals surface area contributed by atoms with Gasteiger partial charge in [-0.25, -0.2) is 0 Å². The molecule has 1 aromatic carbocycles. The van der Waals surface area contributed by atoms with Crippen molar-refractivity contribution in [2.75, 3.05) is 18.0 Å². The van der Waals surface area contributed by atoms with Gasteiger partial charge in [-0.3, -0.25) is 10.1 Å². The normalized spacial score (nSPS) is 20.1. The molecule has 0 radical (unpaired) electrons. The van der Waals surface area contributed by atoms with E-state index >= 15 is 0 Å². The highest BCUT2D eigenvalue weighted by molar-refractivity contribution is 6.42. The summed E-state index contributed by atoms with van der Waals surface area (Å²) in [6.45, 7) is 1.12. The summed E-state index contributed by atoms with van der Waals surface area (Å²) < 4.78 is 0. The molecule has 0 saturated carbocycles. The Morgan fingerprint density at radius 3 is 2.69 bits per heavy atom. The van der Waals surface area contributed by atoms with E-state index in [2.05, 4.69) is 0 Å². The van der Waals surface area contributed by atoms with Gasteiger partial charge in [-0.1, -0.05) is 23.2 Å². The third kappa shape index (κ3) is 2.23. The average molecular weight is 261 g/mol. The second-order valence-electron chi connectivity index (χ2n) is 3.77. The lowest BCUT2D eigenvalue weighted by Gasteiger charge is -2.17. The number of nitrogens with zero attached hydrogens (tertiary/aromatic N) is 2. The highest BCUT2D eigenvalue weighted by Crippen LogP contribution is 2.29. The summed E-state index contributed by atoms with van der Waals surface area (Å²) in [5.41, 5.74) is 0.888. The minimum Gasteiger partial charge on any atom is -0.364 e. The summed E-state index contributed by atoms with van der Waals surface area (Å²) in [5, 5.41) is 11.6. The van der Waals surface area contributed by atoms with Gasteiger partial charge in [-0.05, 0) is 18.2 Å². The Morgan fingerprint density at radius 2 is 2.12 bits per heavy atom. The molecular formula is C10H10Cl2N2O2. The first kappa shape index (κ1) is 11.5. The number of benzene rings is 1. The van der Waals surface area contributed by atoms with Crippen molar-refractivity contribution >= 4 is 28.9 Å². The standard InChI is InChI=1S/C10H10Cl2N2O2/c11-9-2-1-7(5-10(9)12)13-4-3-8(6-13)14(15)16/h1-2,5,8H,3-4,6H2. The molecule has 6 heteroatoms. The SMILES string of the molecule is O=[N+]([O-])C1CCN(c2ccc(Cl)c(Cl)c2)C1. The number of halogens is 2. The first-order valence-electron chi connectivity index (χ1n) is 4.91. The Bertz CT molecular complexity index is 425. The average Bonchev–Trinajstić information content (AvgIpc) is 2.71. The number of hydrogen-bond donors (Lipinski definition) is 0. The van der Waals surface area contributed by atoms with Gasteiger partial charge in [0.25, 0.3) is 0 Å². The molecule has 1 aliphatic rings. The van der Waals surface area contributed by atoms with Gasteiger partial charge in [0, 0.05) is 23.6 Å². The van der Waals surface area contributed by atoms with E-state index in [0.29, 0.717) is 29.6 Å². The van der Waals surface area contributed by atoms with Crippen molar-refractivity contribution < 1.29 is 4.92 Å². The fourth-order valence-electron chi connectivity index (χ4n) is 1.83. The minimum atomic E-state index is -0.477. The molecule has 1 unspecified atom stereocenters. The second-order valence-corrected chi connectivity index (χ2v) is 4.59. The molecule has 2 rings (SSSR count). The predicted octanol–water partition coefficient (Wildman–Crippen LogP) is 2.85. The zero-order chi connectivity index (χ0) is 11.7. The first-order valence-corrected chi connectivity index (χ1v) is 5.67. The van der Waals surface area contributed by atoms with Crippen LogP contribution in [-0.2, 0) is 0 Å². The summed E-state index contributed by atoms with van der Waals surface area (Å²) in [5.74, 6) is 0. The van der Waals surface area contributed by atoms with Crippen molar-refractivity contribution in [3.63, 3.8) is 0 Å². The minimum absolute atomic E-state index is 0.225. The molecule has 0 aliphatic carbocycles. The fourth-order valence-corrected chi connectivity index (χ4v) is 2.12. The lowest BCUT2D eigenvalue weighted by Crippen LogP contribution is -2.25. The highest BCUT2D eigenvalue weighted by Gasteiger charge is 2.31. The molecule has 86 valence electrons. The fraction of sp³-hybridized carbons (Fsp3) is 0.400. The molecule has 0 amide bonds. The van der Waals surface area contributed by atoms with Crippen molar-refractivity contribution in [1.82, 2.24) is 0 Å². The lowest BCUT2D eigenvalue weighted by molar-refractivity contribution is -0.516. The Morgan fingerprint density at radius 1 is 1.38 bits per heavy atom. The predicted molar refractivity (Wildman–Crippen MR) is 64.1 cm³/mol. The monoisotopic (exact) mass is 260 g/mol. The zero-order valence-electron chi connectivity index (χ0n) is 8.40. The molecule has 1 atom stereocenters. The maximum absolute atomic E-state index is 10.6. The molecule has 4 nitrogen and oxygen atoms in total. The number of hydrogen-bond acceptors (Lipinski definition) is 3. The number of anilines is 1. The number of rotatable bonds is 2. The molecule has 1 aromatic rings. The van der Waals surface area contributed by atoms with Crippen LogP contribution in [0.5, 0.6) is 0 Å². The van der Waals surface area contributed by atoms with Crippen LogP contribution < -0.4 is 4.90 Å². The van der Waals surface area contributed by atoms with Crippen molar-refractivity contribution in [1.29, 1.82) is 0 Å².